The monoisotopic (exact) mass is 538 g/mol. The summed E-state index contributed by atoms with van der Waals surface area (Å²) in [6.45, 7) is 1.57. The Morgan fingerprint density at radius 1 is 0.944 bits per heavy atom. The highest BCUT2D eigenvalue weighted by atomic mass is 35.5. The molecule has 190 valence electrons. The molecule has 0 amide bonds. The van der Waals surface area contributed by atoms with E-state index in [1.54, 1.807) is 12.1 Å². The molecule has 0 saturated heterocycles. The molecule has 12 heteroatoms. The second-order valence-corrected chi connectivity index (χ2v) is 7.79. The summed E-state index contributed by atoms with van der Waals surface area (Å²) in [6.07, 6.45) is 0.642. The van der Waals surface area contributed by atoms with Crippen LogP contribution in [-0.4, -0.2) is 32.0 Å². The minimum absolute atomic E-state index is 0. The van der Waals surface area contributed by atoms with Crippen molar-refractivity contribution in [3.05, 3.63) is 78.9 Å². The summed E-state index contributed by atoms with van der Waals surface area (Å²) in [7, 11) is 0. The van der Waals surface area contributed by atoms with E-state index in [1.165, 1.54) is 18.5 Å². The van der Waals surface area contributed by atoms with Crippen LogP contribution in [0.4, 0.5) is 24.7 Å². The van der Waals surface area contributed by atoms with E-state index in [0.29, 0.717) is 31.0 Å². The molecule has 7 nitrogen and oxygen atoms in total. The van der Waals surface area contributed by atoms with E-state index in [4.69, 9.17) is 5.73 Å². The normalized spacial score (nSPS) is 11.2. The Bertz CT molecular complexity index is 1470. The Morgan fingerprint density at radius 2 is 1.75 bits per heavy atom. The minimum atomic E-state index is -4.72. The number of nitrogens with zero attached hydrogens (tertiary/aromatic N) is 4. The summed E-state index contributed by atoms with van der Waals surface area (Å²) in [6, 6.07) is 15.8. The fraction of sp³-hybridized carbons (Fsp3) is 0.167. The maximum Gasteiger partial charge on any atom is 0.573 e. The van der Waals surface area contributed by atoms with Gasteiger partial charge in [0, 0.05) is 48.6 Å². The summed E-state index contributed by atoms with van der Waals surface area (Å²) < 4.78 is 45.6. The molecule has 5 aromatic rings. The Kier molecular flexibility index (Phi) is 8.34. The van der Waals surface area contributed by atoms with E-state index >= 15 is 0 Å². The molecule has 3 aromatic heterocycles. The topological polar surface area (TPSA) is 82.9 Å². The third-order valence-electron chi connectivity index (χ3n) is 5.44. The third-order valence-corrected chi connectivity index (χ3v) is 5.44. The van der Waals surface area contributed by atoms with E-state index in [9.17, 15) is 13.2 Å². The lowest BCUT2D eigenvalue weighted by molar-refractivity contribution is -0.274. The van der Waals surface area contributed by atoms with Crippen molar-refractivity contribution in [2.45, 2.75) is 19.5 Å². The van der Waals surface area contributed by atoms with Crippen LogP contribution in [0.5, 0.6) is 5.75 Å². The summed E-state index contributed by atoms with van der Waals surface area (Å²) in [5.41, 5.74) is 9.94. The SMILES string of the molecule is Cl.Cl.NCCn1ccc2ncnc(Nc3ccc4c(ccn4Cc4cccc(OC(F)(F)F)c4)c3)c21. The summed E-state index contributed by atoms with van der Waals surface area (Å²) in [5, 5.41) is 4.35. The zero-order valence-corrected chi connectivity index (χ0v) is 20.4. The molecular weight excluding hydrogens is 516 g/mol. The van der Waals surface area contributed by atoms with Crippen molar-refractivity contribution < 1.29 is 17.9 Å². The van der Waals surface area contributed by atoms with Gasteiger partial charge in [0.05, 0.1) is 5.52 Å². The minimum Gasteiger partial charge on any atom is -0.406 e. The van der Waals surface area contributed by atoms with Crippen LogP contribution in [0.15, 0.2) is 73.3 Å². The van der Waals surface area contributed by atoms with E-state index in [1.807, 2.05) is 51.9 Å². The first kappa shape index (κ1) is 27.1. The maximum absolute atomic E-state index is 12.5. The van der Waals surface area contributed by atoms with Crippen LogP contribution in [0.1, 0.15) is 5.56 Å². The molecule has 3 N–H and O–H groups in total. The number of ether oxygens (including phenoxy) is 1. The molecule has 0 spiro atoms. The van der Waals surface area contributed by atoms with Gasteiger partial charge in [0.2, 0.25) is 0 Å². The van der Waals surface area contributed by atoms with Crippen molar-refractivity contribution >= 4 is 58.3 Å². The lowest BCUT2D eigenvalue weighted by Crippen LogP contribution is -2.17. The number of aromatic nitrogens is 4. The first-order valence-corrected chi connectivity index (χ1v) is 10.6. The number of fused-ring (bicyclic) bond motifs is 2. The van der Waals surface area contributed by atoms with Crippen molar-refractivity contribution in [1.29, 1.82) is 0 Å². The van der Waals surface area contributed by atoms with Crippen LogP contribution in [0.3, 0.4) is 0 Å². The van der Waals surface area contributed by atoms with Gasteiger partial charge in [-0.3, -0.25) is 0 Å². The number of hydrogen-bond donors (Lipinski definition) is 2. The highest BCUT2D eigenvalue weighted by molar-refractivity contribution is 5.90. The van der Waals surface area contributed by atoms with Gasteiger partial charge in [-0.1, -0.05) is 12.1 Å². The van der Waals surface area contributed by atoms with E-state index in [0.717, 1.165) is 27.6 Å². The smallest absolute Gasteiger partial charge is 0.406 e. The van der Waals surface area contributed by atoms with E-state index < -0.39 is 6.36 Å². The largest absolute Gasteiger partial charge is 0.573 e. The molecule has 0 aliphatic heterocycles. The maximum atomic E-state index is 12.5. The number of benzene rings is 2. The number of nitrogens with one attached hydrogen (secondary N) is 1. The number of alkyl halides is 3. The van der Waals surface area contributed by atoms with Gasteiger partial charge in [-0.2, -0.15) is 0 Å². The predicted octanol–water partition coefficient (Wildman–Crippen LogP) is 5.88. The molecule has 3 heterocycles. The van der Waals surface area contributed by atoms with Gasteiger partial charge in [0.15, 0.2) is 5.82 Å². The van der Waals surface area contributed by atoms with Crippen molar-refractivity contribution in [1.82, 2.24) is 19.1 Å². The molecule has 0 saturated carbocycles. The molecule has 36 heavy (non-hydrogen) atoms. The summed E-state index contributed by atoms with van der Waals surface area (Å²) in [4.78, 5) is 8.73. The second kappa shape index (κ2) is 11.1. The van der Waals surface area contributed by atoms with Crippen LogP contribution in [0.2, 0.25) is 0 Å². The van der Waals surface area contributed by atoms with Gasteiger partial charge in [-0.25, -0.2) is 9.97 Å². The van der Waals surface area contributed by atoms with E-state index in [2.05, 4.69) is 20.0 Å². The van der Waals surface area contributed by atoms with Crippen LogP contribution in [0.25, 0.3) is 21.9 Å². The fourth-order valence-corrected chi connectivity index (χ4v) is 4.04. The van der Waals surface area contributed by atoms with Crippen LogP contribution in [-0.2, 0) is 13.1 Å². The molecule has 0 atom stereocenters. The average Bonchev–Trinajstić information content (AvgIpc) is 3.38. The Labute approximate surface area is 216 Å². The standard InChI is InChI=1S/C24H21F3N6O.2ClH/c25-24(26,27)34-19-3-1-2-16(12-19)14-33-9-6-17-13-18(4-5-21(17)33)31-23-22-20(29-15-30-23)7-10-32(22)11-8-28;;/h1-7,9-10,12-13,15H,8,11,14,28H2,(H,29,30,31);2*1H. The van der Waals surface area contributed by atoms with Crippen molar-refractivity contribution in [3.8, 4) is 5.75 Å². The first-order chi connectivity index (χ1) is 16.4. The zero-order valence-electron chi connectivity index (χ0n) is 18.8. The van der Waals surface area contributed by atoms with Gasteiger partial charge < -0.3 is 24.9 Å². The molecule has 0 fully saturated rings. The molecular formula is C24H23Cl2F3N6O. The van der Waals surface area contributed by atoms with Crippen LogP contribution >= 0.6 is 24.8 Å². The molecule has 0 aliphatic rings. The Hall–Kier alpha value is -3.47. The molecule has 2 aromatic carbocycles. The van der Waals surface area contributed by atoms with Gasteiger partial charge >= 0.3 is 6.36 Å². The average molecular weight is 539 g/mol. The van der Waals surface area contributed by atoms with Crippen LogP contribution < -0.4 is 15.8 Å². The quantitative estimate of drug-likeness (QED) is 0.270. The number of halogens is 5. The molecule has 0 bridgehead atoms. The highest BCUT2D eigenvalue weighted by Gasteiger charge is 2.31. The van der Waals surface area contributed by atoms with Crippen molar-refractivity contribution in [3.63, 3.8) is 0 Å². The van der Waals surface area contributed by atoms with Gasteiger partial charge in [0.25, 0.3) is 0 Å². The molecule has 0 radical (unpaired) electrons. The highest BCUT2D eigenvalue weighted by Crippen LogP contribution is 2.28. The Morgan fingerprint density at radius 3 is 2.53 bits per heavy atom. The van der Waals surface area contributed by atoms with E-state index in [-0.39, 0.29) is 30.6 Å². The molecule has 0 aliphatic carbocycles. The fourth-order valence-electron chi connectivity index (χ4n) is 4.04. The lowest BCUT2D eigenvalue weighted by atomic mass is 10.2. The zero-order chi connectivity index (χ0) is 23.7. The van der Waals surface area contributed by atoms with Crippen LogP contribution in [0, 0.1) is 0 Å². The molecule has 0 unspecified atom stereocenters. The number of rotatable bonds is 7. The number of nitrogens with two attached hydrogens (primary N) is 1. The first-order valence-electron chi connectivity index (χ1n) is 10.6. The number of anilines is 2. The number of hydrogen-bond acceptors (Lipinski definition) is 5. The lowest BCUT2D eigenvalue weighted by Gasteiger charge is -2.12. The van der Waals surface area contributed by atoms with Gasteiger partial charge in [-0.05, 0) is 48.0 Å². The molecule has 5 rings (SSSR count). The van der Waals surface area contributed by atoms with Crippen molar-refractivity contribution in [2.24, 2.45) is 5.73 Å². The van der Waals surface area contributed by atoms with Crippen molar-refractivity contribution in [2.75, 3.05) is 11.9 Å². The predicted molar refractivity (Wildman–Crippen MR) is 139 cm³/mol. The van der Waals surface area contributed by atoms with Gasteiger partial charge in [-0.15, -0.1) is 38.0 Å². The summed E-state index contributed by atoms with van der Waals surface area (Å²) >= 11 is 0. The summed E-state index contributed by atoms with van der Waals surface area (Å²) in [5.74, 6) is 0.451. The Balaban J connectivity index is 0.00000180. The third kappa shape index (κ3) is 5.84. The van der Waals surface area contributed by atoms with Gasteiger partial charge in [0.1, 0.15) is 17.6 Å². The second-order valence-electron chi connectivity index (χ2n) is 7.79.